The molecule has 1 N–H and O–H groups in total. The van der Waals surface area contributed by atoms with Gasteiger partial charge in [-0.2, -0.15) is 0 Å². The van der Waals surface area contributed by atoms with Crippen molar-refractivity contribution in [2.45, 2.75) is 50.5 Å². The predicted molar refractivity (Wildman–Crippen MR) is 72.6 cm³/mol. The van der Waals surface area contributed by atoms with E-state index in [1.807, 2.05) is 31.2 Å². The third kappa shape index (κ3) is 5.46. The average molecular weight is 254 g/mol. The Morgan fingerprint density at radius 1 is 1.24 bits per heavy atom. The van der Waals surface area contributed by atoms with Crippen LogP contribution >= 0.6 is 0 Å². The van der Waals surface area contributed by atoms with Crippen LogP contribution < -0.4 is 0 Å². The molecule has 0 fully saturated rings. The Bertz CT molecular complexity index is 346. The third-order valence-electron chi connectivity index (χ3n) is 2.77. The van der Waals surface area contributed by atoms with Gasteiger partial charge in [-0.1, -0.05) is 43.9 Å². The first-order valence-corrected chi connectivity index (χ1v) is 7.58. The van der Waals surface area contributed by atoms with Crippen LogP contribution in [0.2, 0.25) is 0 Å². The van der Waals surface area contributed by atoms with Crippen molar-refractivity contribution < 1.29 is 9.32 Å². The van der Waals surface area contributed by atoms with Crippen LogP contribution in [0.25, 0.3) is 0 Å². The lowest BCUT2D eigenvalue weighted by Gasteiger charge is -2.10. The molecule has 2 nitrogen and oxygen atoms in total. The van der Waals surface area contributed by atoms with Gasteiger partial charge in [-0.3, -0.25) is 4.21 Å². The maximum absolute atomic E-state index is 12.0. The van der Waals surface area contributed by atoms with Crippen LogP contribution in [0.3, 0.4) is 0 Å². The Morgan fingerprint density at radius 3 is 2.47 bits per heavy atom. The number of unbranched alkanes of at least 4 members (excludes halogenated alkanes) is 2. The fraction of sp³-hybridized carbons (Fsp3) is 0.571. The molecule has 0 spiro atoms. The average Bonchev–Trinajstić information content (AvgIpc) is 2.30. The summed E-state index contributed by atoms with van der Waals surface area (Å²) in [6.07, 6.45) is 3.61. The summed E-state index contributed by atoms with van der Waals surface area (Å²) in [5, 5.41) is 9.77. The summed E-state index contributed by atoms with van der Waals surface area (Å²) in [6, 6.07) is 7.67. The molecule has 2 atom stereocenters. The smallest absolute Gasteiger partial charge is 0.0659 e. The van der Waals surface area contributed by atoms with Gasteiger partial charge in [-0.15, -0.1) is 0 Å². The van der Waals surface area contributed by atoms with Gasteiger partial charge < -0.3 is 5.11 Å². The van der Waals surface area contributed by atoms with Gasteiger partial charge in [0.2, 0.25) is 0 Å². The highest BCUT2D eigenvalue weighted by Gasteiger charge is 2.10. The molecule has 0 aliphatic rings. The molecule has 1 rings (SSSR count). The van der Waals surface area contributed by atoms with Gasteiger partial charge in [-0.25, -0.2) is 0 Å². The van der Waals surface area contributed by atoms with E-state index >= 15 is 0 Å². The molecule has 0 aromatic heterocycles. The molecular weight excluding hydrogens is 232 g/mol. The summed E-state index contributed by atoms with van der Waals surface area (Å²) >= 11 is 0. The van der Waals surface area contributed by atoms with Crippen LogP contribution in [-0.2, 0) is 10.8 Å². The lowest BCUT2D eigenvalue weighted by Crippen LogP contribution is -2.16. The number of aliphatic hydroxyl groups excluding tert-OH is 1. The first-order chi connectivity index (χ1) is 8.13. The third-order valence-corrected chi connectivity index (χ3v) is 4.25. The number of benzene rings is 1. The summed E-state index contributed by atoms with van der Waals surface area (Å²) in [5.41, 5.74) is 1.16. The molecule has 17 heavy (non-hydrogen) atoms. The van der Waals surface area contributed by atoms with Crippen LogP contribution in [0.1, 0.15) is 38.2 Å². The summed E-state index contributed by atoms with van der Waals surface area (Å²) in [6.45, 7) is 4.14. The lowest BCUT2D eigenvalue weighted by atomic mass is 10.1. The zero-order valence-corrected chi connectivity index (χ0v) is 11.5. The molecule has 1 aromatic rings. The van der Waals surface area contributed by atoms with E-state index in [0.717, 1.165) is 36.1 Å². The molecule has 0 aliphatic carbocycles. The summed E-state index contributed by atoms with van der Waals surface area (Å²) in [4.78, 5) is 0.810. The molecule has 3 heteroatoms. The highest BCUT2D eigenvalue weighted by atomic mass is 32.2. The Kier molecular flexibility index (Phi) is 6.45. The van der Waals surface area contributed by atoms with Crippen molar-refractivity contribution in [1.29, 1.82) is 0 Å². The Hall–Kier alpha value is -0.670. The quantitative estimate of drug-likeness (QED) is 0.759. The van der Waals surface area contributed by atoms with Crippen molar-refractivity contribution in [2.75, 3.05) is 5.75 Å². The normalized spacial score (nSPS) is 14.5. The van der Waals surface area contributed by atoms with Gasteiger partial charge in [-0.05, 0) is 25.5 Å². The summed E-state index contributed by atoms with van der Waals surface area (Å²) < 4.78 is 12.0. The fourth-order valence-electron chi connectivity index (χ4n) is 1.67. The van der Waals surface area contributed by atoms with Gasteiger partial charge in [0.1, 0.15) is 0 Å². The zero-order valence-electron chi connectivity index (χ0n) is 10.7. The minimum absolute atomic E-state index is 0.354. The summed E-state index contributed by atoms with van der Waals surface area (Å²) in [7, 11) is -1.08. The number of aryl methyl sites for hydroxylation is 1. The maximum Gasteiger partial charge on any atom is 0.0659 e. The molecular formula is C14H22O2S. The Morgan fingerprint density at radius 2 is 1.88 bits per heavy atom. The fourth-order valence-corrected chi connectivity index (χ4v) is 2.82. The first-order valence-electron chi connectivity index (χ1n) is 6.26. The van der Waals surface area contributed by atoms with Gasteiger partial charge in [0.15, 0.2) is 0 Å². The highest BCUT2D eigenvalue weighted by Crippen LogP contribution is 2.11. The van der Waals surface area contributed by atoms with Crippen molar-refractivity contribution in [3.05, 3.63) is 29.8 Å². The second-order valence-electron chi connectivity index (χ2n) is 4.47. The van der Waals surface area contributed by atoms with Crippen LogP contribution in [0.15, 0.2) is 29.2 Å². The topological polar surface area (TPSA) is 37.3 Å². The molecule has 0 saturated carbocycles. The van der Waals surface area contributed by atoms with Crippen LogP contribution in [-0.4, -0.2) is 21.2 Å². The molecule has 2 unspecified atom stereocenters. The Labute approximate surface area is 107 Å². The Balaban J connectivity index is 2.40. The molecule has 1 aromatic carbocycles. The largest absolute Gasteiger partial charge is 0.392 e. The monoisotopic (exact) mass is 254 g/mol. The molecule has 0 bridgehead atoms. The minimum Gasteiger partial charge on any atom is -0.392 e. The van der Waals surface area contributed by atoms with Gasteiger partial charge in [0, 0.05) is 4.90 Å². The van der Waals surface area contributed by atoms with Gasteiger partial charge >= 0.3 is 0 Å². The summed E-state index contributed by atoms with van der Waals surface area (Å²) in [5.74, 6) is 0.354. The second kappa shape index (κ2) is 7.62. The number of hydrogen-bond donors (Lipinski definition) is 1. The van der Waals surface area contributed by atoms with E-state index in [9.17, 15) is 9.32 Å². The number of rotatable bonds is 7. The minimum atomic E-state index is -1.08. The molecule has 0 aliphatic heterocycles. The molecule has 0 amide bonds. The first kappa shape index (κ1) is 14.4. The molecule has 96 valence electrons. The van der Waals surface area contributed by atoms with E-state index in [4.69, 9.17) is 0 Å². The lowest BCUT2D eigenvalue weighted by molar-refractivity contribution is 0.184. The van der Waals surface area contributed by atoms with Crippen LogP contribution in [0.5, 0.6) is 0 Å². The van der Waals surface area contributed by atoms with E-state index in [1.165, 1.54) is 0 Å². The van der Waals surface area contributed by atoms with Gasteiger partial charge in [0.25, 0.3) is 0 Å². The zero-order chi connectivity index (χ0) is 12.7. The van der Waals surface area contributed by atoms with Crippen molar-refractivity contribution in [2.24, 2.45) is 0 Å². The SMILES string of the molecule is CCCCCC(O)CS(=O)c1ccc(C)cc1. The number of aliphatic hydroxyl groups is 1. The molecule has 0 radical (unpaired) electrons. The predicted octanol–water partition coefficient (Wildman–Crippen LogP) is 3.04. The van der Waals surface area contributed by atoms with Crippen LogP contribution in [0.4, 0.5) is 0 Å². The van der Waals surface area contributed by atoms with Crippen molar-refractivity contribution in [3.8, 4) is 0 Å². The number of hydrogen-bond acceptors (Lipinski definition) is 2. The van der Waals surface area contributed by atoms with E-state index in [0.29, 0.717) is 5.75 Å². The highest BCUT2D eigenvalue weighted by molar-refractivity contribution is 7.85. The molecule has 0 saturated heterocycles. The second-order valence-corrected chi connectivity index (χ2v) is 5.97. The van der Waals surface area contributed by atoms with E-state index in [2.05, 4.69) is 6.92 Å². The maximum atomic E-state index is 12.0. The van der Waals surface area contributed by atoms with Crippen LogP contribution in [0, 0.1) is 6.92 Å². The van der Waals surface area contributed by atoms with E-state index < -0.39 is 16.9 Å². The van der Waals surface area contributed by atoms with E-state index in [1.54, 1.807) is 0 Å². The van der Waals surface area contributed by atoms with Crippen molar-refractivity contribution in [1.82, 2.24) is 0 Å². The van der Waals surface area contributed by atoms with Crippen molar-refractivity contribution >= 4 is 10.8 Å². The van der Waals surface area contributed by atoms with E-state index in [-0.39, 0.29) is 0 Å². The standard InChI is InChI=1S/C14H22O2S/c1-3-4-5-6-13(15)11-17(16)14-9-7-12(2)8-10-14/h7-10,13,15H,3-6,11H2,1-2H3. The molecule has 0 heterocycles. The van der Waals surface area contributed by atoms with Crippen molar-refractivity contribution in [3.63, 3.8) is 0 Å². The van der Waals surface area contributed by atoms with Gasteiger partial charge in [0.05, 0.1) is 22.7 Å².